The van der Waals surface area contributed by atoms with Gasteiger partial charge in [0, 0.05) is 23.3 Å². The van der Waals surface area contributed by atoms with Crippen LogP contribution < -0.4 is 4.18 Å². The van der Waals surface area contributed by atoms with E-state index in [1.165, 1.54) is 23.9 Å². The summed E-state index contributed by atoms with van der Waals surface area (Å²) in [7, 11) is -4.18. The van der Waals surface area contributed by atoms with Gasteiger partial charge in [-0.2, -0.15) is 8.42 Å². The molecule has 158 valence electrons. The maximum atomic E-state index is 12.5. The second-order valence-electron chi connectivity index (χ2n) is 6.44. The molecule has 10 nitrogen and oxygen atoms in total. The van der Waals surface area contributed by atoms with E-state index in [0.29, 0.717) is 27.4 Å². The SMILES string of the molecule is O=C(O)[C@H]1CSC(c2ccc3cc(OS(=O)(=O)c4ccc([N+](=O)[O-])cc4)ccc3n2)=N1. The minimum Gasteiger partial charge on any atom is -0.480 e. The molecule has 1 atom stereocenters. The van der Waals surface area contributed by atoms with Crippen molar-refractivity contribution in [3.63, 3.8) is 0 Å². The van der Waals surface area contributed by atoms with E-state index in [9.17, 15) is 23.3 Å². The number of aliphatic carboxylic acids is 1. The summed E-state index contributed by atoms with van der Waals surface area (Å²) in [5, 5.41) is 20.9. The fraction of sp³-hybridized carbons (Fsp3) is 0.105. The molecule has 0 aliphatic carbocycles. The Hall–Kier alpha value is -3.51. The number of thioether (sulfide) groups is 1. The number of hydrogen-bond donors (Lipinski definition) is 1. The molecule has 0 amide bonds. The Morgan fingerprint density at radius 2 is 1.90 bits per heavy atom. The van der Waals surface area contributed by atoms with Gasteiger partial charge in [0.15, 0.2) is 6.04 Å². The zero-order valence-corrected chi connectivity index (χ0v) is 17.2. The van der Waals surface area contributed by atoms with Crippen molar-refractivity contribution < 1.29 is 27.4 Å². The molecule has 3 aromatic rings. The number of hydrogen-bond acceptors (Lipinski definition) is 9. The number of carboxylic acids is 1. The first-order valence-corrected chi connectivity index (χ1v) is 11.2. The maximum Gasteiger partial charge on any atom is 0.339 e. The molecule has 1 N–H and O–H groups in total. The van der Waals surface area contributed by atoms with Crippen LogP contribution in [-0.2, 0) is 14.9 Å². The fourth-order valence-electron chi connectivity index (χ4n) is 2.82. The summed E-state index contributed by atoms with van der Waals surface area (Å²) >= 11 is 1.31. The van der Waals surface area contributed by atoms with Crippen molar-refractivity contribution in [3.8, 4) is 5.75 Å². The highest BCUT2D eigenvalue weighted by Crippen LogP contribution is 2.27. The van der Waals surface area contributed by atoms with Crippen LogP contribution >= 0.6 is 11.8 Å². The van der Waals surface area contributed by atoms with E-state index in [-0.39, 0.29) is 16.3 Å². The number of nitrogens with zero attached hydrogens (tertiary/aromatic N) is 3. The van der Waals surface area contributed by atoms with E-state index in [4.69, 9.17) is 9.29 Å². The molecule has 0 saturated carbocycles. The van der Waals surface area contributed by atoms with Gasteiger partial charge in [0.2, 0.25) is 0 Å². The molecular formula is C19H13N3O7S2. The van der Waals surface area contributed by atoms with E-state index in [1.54, 1.807) is 18.2 Å². The number of pyridine rings is 1. The molecular weight excluding hydrogens is 446 g/mol. The molecule has 0 saturated heterocycles. The van der Waals surface area contributed by atoms with Gasteiger partial charge >= 0.3 is 16.1 Å². The molecule has 1 aliphatic rings. The Morgan fingerprint density at radius 1 is 1.16 bits per heavy atom. The average molecular weight is 459 g/mol. The van der Waals surface area contributed by atoms with Crippen molar-refractivity contribution in [2.45, 2.75) is 10.9 Å². The molecule has 1 aromatic heterocycles. The number of aliphatic imine (C=N–C) groups is 1. The lowest BCUT2D eigenvalue weighted by Gasteiger charge is -2.08. The quantitative estimate of drug-likeness (QED) is 0.333. The van der Waals surface area contributed by atoms with E-state index >= 15 is 0 Å². The minimum absolute atomic E-state index is 0.0546. The Morgan fingerprint density at radius 3 is 2.55 bits per heavy atom. The van der Waals surface area contributed by atoms with Crippen LogP contribution in [0.5, 0.6) is 5.75 Å². The second kappa shape index (κ2) is 7.96. The normalized spacial score (nSPS) is 16.1. The van der Waals surface area contributed by atoms with Crippen LogP contribution in [0.2, 0.25) is 0 Å². The summed E-state index contributed by atoms with van der Waals surface area (Å²) in [6.07, 6.45) is 0. The Labute approximate surface area is 179 Å². The van der Waals surface area contributed by atoms with Crippen molar-refractivity contribution in [2.24, 2.45) is 4.99 Å². The number of fused-ring (bicyclic) bond motifs is 1. The van der Waals surface area contributed by atoms with Gasteiger partial charge < -0.3 is 9.29 Å². The zero-order chi connectivity index (χ0) is 22.2. The third kappa shape index (κ3) is 4.34. The molecule has 1 aliphatic heterocycles. The zero-order valence-electron chi connectivity index (χ0n) is 15.5. The average Bonchev–Trinajstić information content (AvgIpc) is 3.24. The molecule has 12 heteroatoms. The third-order valence-electron chi connectivity index (χ3n) is 4.36. The van der Waals surface area contributed by atoms with E-state index in [0.717, 1.165) is 24.3 Å². The van der Waals surface area contributed by atoms with E-state index in [1.807, 2.05) is 0 Å². The highest BCUT2D eigenvalue weighted by atomic mass is 32.2. The first kappa shape index (κ1) is 20.8. The number of aromatic nitrogens is 1. The van der Waals surface area contributed by atoms with Crippen LogP contribution in [0, 0.1) is 10.1 Å². The number of carboxylic acid groups (broad SMARTS) is 1. The highest BCUT2D eigenvalue weighted by Gasteiger charge is 2.26. The molecule has 31 heavy (non-hydrogen) atoms. The van der Waals surface area contributed by atoms with Gasteiger partial charge in [-0.15, -0.1) is 11.8 Å². The van der Waals surface area contributed by atoms with Crippen molar-refractivity contribution in [1.82, 2.24) is 4.98 Å². The molecule has 2 aromatic carbocycles. The fourth-order valence-corrected chi connectivity index (χ4v) is 4.74. The van der Waals surface area contributed by atoms with Gasteiger partial charge in [-0.3, -0.25) is 15.1 Å². The lowest BCUT2D eigenvalue weighted by Crippen LogP contribution is -2.17. The van der Waals surface area contributed by atoms with Crippen molar-refractivity contribution in [2.75, 3.05) is 5.75 Å². The molecule has 0 radical (unpaired) electrons. The predicted octanol–water partition coefficient (Wildman–Crippen LogP) is 2.86. The Balaban J connectivity index is 1.57. The summed E-state index contributed by atoms with van der Waals surface area (Å²) in [5.74, 6) is -0.587. The Bertz CT molecular complexity index is 1340. The smallest absolute Gasteiger partial charge is 0.339 e. The third-order valence-corrected chi connectivity index (χ3v) is 6.69. The summed E-state index contributed by atoms with van der Waals surface area (Å²) in [4.78, 5) is 29.5. The Kier molecular flexibility index (Phi) is 5.33. The number of benzene rings is 2. The first-order valence-electron chi connectivity index (χ1n) is 8.76. The van der Waals surface area contributed by atoms with Crippen LogP contribution in [0.25, 0.3) is 10.9 Å². The molecule has 4 rings (SSSR count). The number of rotatable bonds is 6. The van der Waals surface area contributed by atoms with Crippen molar-refractivity contribution >= 4 is 49.5 Å². The van der Waals surface area contributed by atoms with Crippen LogP contribution in [0.3, 0.4) is 0 Å². The molecule has 0 fully saturated rings. The number of carbonyl (C=O) groups is 1. The van der Waals surface area contributed by atoms with Gasteiger partial charge in [0.1, 0.15) is 15.7 Å². The summed E-state index contributed by atoms with van der Waals surface area (Å²) in [5.41, 5.74) is 0.860. The van der Waals surface area contributed by atoms with Gasteiger partial charge in [-0.25, -0.2) is 9.78 Å². The van der Waals surface area contributed by atoms with Gasteiger partial charge in [0.25, 0.3) is 5.69 Å². The van der Waals surface area contributed by atoms with Crippen molar-refractivity contribution in [3.05, 3.63) is 70.4 Å². The highest BCUT2D eigenvalue weighted by molar-refractivity contribution is 8.14. The standard InChI is InChI=1S/C19H13N3O7S2/c23-19(24)17-10-30-18(21-17)16-7-1-11-9-13(4-8-15(11)20-16)29-31(27,28)14-5-2-12(3-6-14)22(25)26/h1-9,17H,10H2,(H,23,24)/t17-/m1/s1. The van der Waals surface area contributed by atoms with Gasteiger partial charge in [0.05, 0.1) is 16.1 Å². The summed E-state index contributed by atoms with van der Waals surface area (Å²) in [6, 6.07) is 11.5. The summed E-state index contributed by atoms with van der Waals surface area (Å²) < 4.78 is 30.1. The van der Waals surface area contributed by atoms with Gasteiger partial charge in [-0.05, 0) is 36.4 Å². The van der Waals surface area contributed by atoms with E-state index in [2.05, 4.69) is 9.98 Å². The van der Waals surface area contributed by atoms with Crippen LogP contribution in [0.4, 0.5) is 5.69 Å². The topological polar surface area (TPSA) is 149 Å². The molecule has 0 unspecified atom stereocenters. The second-order valence-corrected chi connectivity index (χ2v) is 8.99. The van der Waals surface area contributed by atoms with Crippen molar-refractivity contribution in [1.29, 1.82) is 0 Å². The largest absolute Gasteiger partial charge is 0.480 e. The summed E-state index contributed by atoms with van der Waals surface area (Å²) in [6.45, 7) is 0. The number of nitro benzene ring substituents is 1. The minimum atomic E-state index is -4.18. The predicted molar refractivity (Wildman–Crippen MR) is 113 cm³/mol. The maximum absolute atomic E-state index is 12.5. The first-order chi connectivity index (χ1) is 14.7. The lowest BCUT2D eigenvalue weighted by atomic mass is 10.2. The number of non-ortho nitro benzene ring substituents is 1. The molecule has 2 heterocycles. The molecule has 0 spiro atoms. The number of nitro groups is 1. The van der Waals surface area contributed by atoms with Gasteiger partial charge in [-0.1, -0.05) is 6.07 Å². The van der Waals surface area contributed by atoms with Crippen LogP contribution in [-0.4, -0.2) is 46.2 Å². The van der Waals surface area contributed by atoms with Crippen LogP contribution in [0.1, 0.15) is 5.69 Å². The lowest BCUT2D eigenvalue weighted by molar-refractivity contribution is -0.384. The molecule has 0 bridgehead atoms. The monoisotopic (exact) mass is 459 g/mol. The van der Waals surface area contributed by atoms with E-state index < -0.39 is 27.1 Å². The van der Waals surface area contributed by atoms with Crippen LogP contribution in [0.15, 0.2) is 64.5 Å².